The molecule has 2 amide bonds. The highest BCUT2D eigenvalue weighted by Gasteiger charge is 2.19. The molecule has 0 spiro atoms. The van der Waals surface area contributed by atoms with Crippen molar-refractivity contribution in [1.29, 1.82) is 0 Å². The number of amides is 2. The first kappa shape index (κ1) is 19.3. The Labute approximate surface area is 162 Å². The van der Waals surface area contributed by atoms with E-state index in [0.29, 0.717) is 34.2 Å². The molecule has 0 saturated carbocycles. The fraction of sp³-hybridized carbons (Fsp3) is 0.300. The summed E-state index contributed by atoms with van der Waals surface area (Å²) in [4.78, 5) is 26.1. The summed E-state index contributed by atoms with van der Waals surface area (Å²) in [6, 6.07) is 10.2. The average molecular weight is 386 g/mol. The molecule has 2 aromatic carbocycles. The van der Waals surface area contributed by atoms with Gasteiger partial charge in [0.15, 0.2) is 11.5 Å². The Hall–Kier alpha value is -3.42. The number of hydrogen-bond donors (Lipinski definition) is 1. The Morgan fingerprint density at radius 1 is 1.07 bits per heavy atom. The third-order valence-corrected chi connectivity index (χ3v) is 4.31. The van der Waals surface area contributed by atoms with E-state index < -0.39 is 0 Å². The van der Waals surface area contributed by atoms with Crippen molar-refractivity contribution in [3.63, 3.8) is 0 Å². The molecule has 8 heteroatoms. The lowest BCUT2D eigenvalue weighted by Gasteiger charge is -2.23. The Morgan fingerprint density at radius 2 is 1.86 bits per heavy atom. The second kappa shape index (κ2) is 8.51. The van der Waals surface area contributed by atoms with Crippen molar-refractivity contribution in [3.8, 4) is 23.0 Å². The largest absolute Gasteiger partial charge is 0.497 e. The molecule has 0 radical (unpaired) electrons. The molecule has 0 saturated heterocycles. The van der Waals surface area contributed by atoms with Gasteiger partial charge in [-0.1, -0.05) is 0 Å². The highest BCUT2D eigenvalue weighted by atomic mass is 16.7. The molecule has 8 nitrogen and oxygen atoms in total. The molecule has 3 rings (SSSR count). The standard InChI is InChI=1S/C20H22N2O6/c1-13(23)22(16-6-5-15(25-2)11-18(16)26-3)9-8-21-20(24)14-4-7-17-19(10-14)28-12-27-17/h4-7,10-11H,8-9,12H2,1-3H3,(H,21,24). The van der Waals surface area contributed by atoms with E-state index in [4.69, 9.17) is 18.9 Å². The van der Waals surface area contributed by atoms with Gasteiger partial charge in [-0.05, 0) is 30.3 Å². The number of benzene rings is 2. The summed E-state index contributed by atoms with van der Waals surface area (Å²) < 4.78 is 21.1. The van der Waals surface area contributed by atoms with Crippen LogP contribution in [0.3, 0.4) is 0 Å². The first-order chi connectivity index (χ1) is 13.5. The molecule has 148 valence electrons. The van der Waals surface area contributed by atoms with Crippen molar-refractivity contribution in [2.45, 2.75) is 6.92 Å². The van der Waals surface area contributed by atoms with Gasteiger partial charge in [0.25, 0.3) is 5.91 Å². The highest BCUT2D eigenvalue weighted by Crippen LogP contribution is 2.33. The van der Waals surface area contributed by atoms with E-state index in [1.807, 2.05) is 0 Å². The fourth-order valence-corrected chi connectivity index (χ4v) is 2.88. The Balaban J connectivity index is 1.66. The van der Waals surface area contributed by atoms with Crippen LogP contribution < -0.4 is 29.2 Å². The molecule has 1 N–H and O–H groups in total. The van der Waals surface area contributed by atoms with Crippen LogP contribution in [0.1, 0.15) is 17.3 Å². The van der Waals surface area contributed by atoms with E-state index in [9.17, 15) is 9.59 Å². The number of carbonyl (C=O) groups excluding carboxylic acids is 2. The van der Waals surface area contributed by atoms with Crippen LogP contribution in [0.15, 0.2) is 36.4 Å². The molecule has 0 unspecified atom stereocenters. The van der Waals surface area contributed by atoms with Gasteiger partial charge in [-0.15, -0.1) is 0 Å². The van der Waals surface area contributed by atoms with E-state index >= 15 is 0 Å². The lowest BCUT2D eigenvalue weighted by Crippen LogP contribution is -2.37. The number of nitrogens with zero attached hydrogens (tertiary/aromatic N) is 1. The van der Waals surface area contributed by atoms with Gasteiger partial charge in [0.1, 0.15) is 11.5 Å². The topological polar surface area (TPSA) is 86.3 Å². The molecule has 0 atom stereocenters. The van der Waals surface area contributed by atoms with Crippen LogP contribution in [0.4, 0.5) is 5.69 Å². The molecule has 0 fully saturated rings. The summed E-state index contributed by atoms with van der Waals surface area (Å²) in [5.74, 6) is 1.87. The zero-order valence-corrected chi connectivity index (χ0v) is 16.0. The summed E-state index contributed by atoms with van der Waals surface area (Å²) >= 11 is 0. The van der Waals surface area contributed by atoms with Crippen LogP contribution in [-0.2, 0) is 4.79 Å². The van der Waals surface area contributed by atoms with Crippen LogP contribution in [-0.4, -0.2) is 45.9 Å². The molecule has 0 aromatic heterocycles. The van der Waals surface area contributed by atoms with Gasteiger partial charge in [0.2, 0.25) is 12.7 Å². The lowest BCUT2D eigenvalue weighted by molar-refractivity contribution is -0.116. The maximum atomic E-state index is 12.4. The number of rotatable bonds is 7. The maximum absolute atomic E-state index is 12.4. The lowest BCUT2D eigenvalue weighted by atomic mass is 10.2. The van der Waals surface area contributed by atoms with E-state index in [1.165, 1.54) is 18.9 Å². The smallest absolute Gasteiger partial charge is 0.251 e. The molecule has 28 heavy (non-hydrogen) atoms. The predicted octanol–water partition coefficient (Wildman–Crippen LogP) is 2.22. The van der Waals surface area contributed by atoms with Crippen molar-refractivity contribution in [3.05, 3.63) is 42.0 Å². The molecular weight excluding hydrogens is 364 g/mol. The van der Waals surface area contributed by atoms with Gasteiger partial charge in [-0.25, -0.2) is 0 Å². The van der Waals surface area contributed by atoms with Gasteiger partial charge in [0.05, 0.1) is 19.9 Å². The number of ether oxygens (including phenoxy) is 4. The molecule has 1 heterocycles. The molecule has 0 aliphatic carbocycles. The quantitative estimate of drug-likeness (QED) is 0.785. The monoisotopic (exact) mass is 386 g/mol. The third kappa shape index (κ3) is 4.11. The minimum absolute atomic E-state index is 0.150. The van der Waals surface area contributed by atoms with Gasteiger partial charge < -0.3 is 29.2 Å². The van der Waals surface area contributed by atoms with Crippen LogP contribution in [0, 0.1) is 0 Å². The average Bonchev–Trinajstić information content (AvgIpc) is 3.18. The van der Waals surface area contributed by atoms with Crippen molar-refractivity contribution in [2.75, 3.05) is 39.0 Å². The molecule has 1 aliphatic heterocycles. The summed E-state index contributed by atoms with van der Waals surface area (Å²) in [5, 5.41) is 2.81. The third-order valence-electron chi connectivity index (χ3n) is 4.31. The van der Waals surface area contributed by atoms with Gasteiger partial charge in [-0.3, -0.25) is 9.59 Å². The Bertz CT molecular complexity index is 883. The molecule has 2 aromatic rings. The van der Waals surface area contributed by atoms with Crippen molar-refractivity contribution < 1.29 is 28.5 Å². The van der Waals surface area contributed by atoms with Gasteiger partial charge >= 0.3 is 0 Å². The number of methoxy groups -OCH3 is 2. The van der Waals surface area contributed by atoms with Crippen molar-refractivity contribution >= 4 is 17.5 Å². The molecular formula is C20H22N2O6. The summed E-state index contributed by atoms with van der Waals surface area (Å²) in [5.41, 5.74) is 1.06. The predicted molar refractivity (Wildman–Crippen MR) is 102 cm³/mol. The van der Waals surface area contributed by atoms with Gasteiger partial charge in [0, 0.05) is 31.6 Å². The minimum Gasteiger partial charge on any atom is -0.497 e. The van der Waals surface area contributed by atoms with Crippen LogP contribution in [0.5, 0.6) is 23.0 Å². The second-order valence-corrected chi connectivity index (χ2v) is 6.03. The van der Waals surface area contributed by atoms with Crippen molar-refractivity contribution in [2.24, 2.45) is 0 Å². The van der Waals surface area contributed by atoms with Gasteiger partial charge in [-0.2, -0.15) is 0 Å². The van der Waals surface area contributed by atoms with E-state index in [0.717, 1.165) is 0 Å². The number of hydrogen-bond acceptors (Lipinski definition) is 6. The normalized spacial score (nSPS) is 11.7. The highest BCUT2D eigenvalue weighted by molar-refractivity contribution is 5.95. The van der Waals surface area contributed by atoms with E-state index in [-0.39, 0.29) is 31.7 Å². The number of nitrogens with one attached hydrogen (secondary N) is 1. The van der Waals surface area contributed by atoms with Crippen LogP contribution in [0.2, 0.25) is 0 Å². The first-order valence-corrected chi connectivity index (χ1v) is 8.71. The fourth-order valence-electron chi connectivity index (χ4n) is 2.88. The number of fused-ring (bicyclic) bond motifs is 1. The van der Waals surface area contributed by atoms with Crippen LogP contribution >= 0.6 is 0 Å². The summed E-state index contributed by atoms with van der Waals surface area (Å²) in [7, 11) is 3.08. The summed E-state index contributed by atoms with van der Waals surface area (Å²) in [6.45, 7) is 2.16. The summed E-state index contributed by atoms with van der Waals surface area (Å²) in [6.07, 6.45) is 0. The van der Waals surface area contributed by atoms with E-state index in [2.05, 4.69) is 5.32 Å². The second-order valence-electron chi connectivity index (χ2n) is 6.03. The Morgan fingerprint density at radius 3 is 2.57 bits per heavy atom. The van der Waals surface area contributed by atoms with Crippen LogP contribution in [0.25, 0.3) is 0 Å². The zero-order valence-electron chi connectivity index (χ0n) is 16.0. The van der Waals surface area contributed by atoms with Crippen molar-refractivity contribution in [1.82, 2.24) is 5.32 Å². The van der Waals surface area contributed by atoms with E-state index in [1.54, 1.807) is 43.5 Å². The maximum Gasteiger partial charge on any atom is 0.251 e. The Kier molecular flexibility index (Phi) is 5.88. The first-order valence-electron chi connectivity index (χ1n) is 8.71. The zero-order chi connectivity index (χ0) is 20.1. The SMILES string of the molecule is COc1ccc(N(CCNC(=O)c2ccc3c(c2)OCO3)C(C)=O)c(OC)c1. The number of carbonyl (C=O) groups is 2. The molecule has 0 bridgehead atoms. The number of anilines is 1. The molecule has 1 aliphatic rings. The minimum atomic E-state index is -0.261.